The van der Waals surface area contributed by atoms with E-state index >= 15 is 0 Å². The Morgan fingerprint density at radius 3 is 2.82 bits per heavy atom. The molecule has 28 heavy (non-hydrogen) atoms. The van der Waals surface area contributed by atoms with Gasteiger partial charge in [0.05, 0.1) is 18.2 Å². The Hall–Kier alpha value is -3.26. The van der Waals surface area contributed by atoms with Crippen molar-refractivity contribution in [3.63, 3.8) is 0 Å². The van der Waals surface area contributed by atoms with Crippen LogP contribution < -0.4 is 15.4 Å². The van der Waals surface area contributed by atoms with Crippen LogP contribution in [0.4, 0.5) is 4.79 Å². The maximum atomic E-state index is 12.8. The molecule has 0 aromatic heterocycles. The number of carbonyl (C=O) groups excluding carboxylic acids is 3. The van der Waals surface area contributed by atoms with Gasteiger partial charge in [0.15, 0.2) is 0 Å². The van der Waals surface area contributed by atoms with Gasteiger partial charge in [-0.25, -0.2) is 4.79 Å². The van der Waals surface area contributed by atoms with E-state index < -0.39 is 12.1 Å². The monoisotopic (exact) mass is 403 g/mol. The lowest BCUT2D eigenvalue weighted by atomic mass is 10.1. The van der Waals surface area contributed by atoms with Gasteiger partial charge in [-0.1, -0.05) is 23.7 Å². The molecule has 3 N–H and O–H groups in total. The van der Waals surface area contributed by atoms with Gasteiger partial charge >= 0.3 is 6.03 Å². The first-order valence-corrected chi connectivity index (χ1v) is 8.76. The van der Waals surface area contributed by atoms with Crippen LogP contribution in [0.3, 0.4) is 0 Å². The van der Waals surface area contributed by atoms with E-state index in [2.05, 4.69) is 5.32 Å². The molecule has 0 radical (unpaired) electrons. The van der Waals surface area contributed by atoms with Gasteiger partial charge in [0.1, 0.15) is 11.5 Å². The average molecular weight is 404 g/mol. The highest BCUT2D eigenvalue weighted by molar-refractivity contribution is 6.32. The smallest absolute Gasteiger partial charge is 0.321 e. The van der Waals surface area contributed by atoms with E-state index in [0.29, 0.717) is 23.4 Å². The van der Waals surface area contributed by atoms with Crippen LogP contribution in [0.25, 0.3) is 0 Å². The second kappa shape index (κ2) is 8.18. The third-order valence-electron chi connectivity index (χ3n) is 4.47. The first-order chi connectivity index (χ1) is 13.4. The van der Waals surface area contributed by atoms with Gasteiger partial charge in [0.25, 0.3) is 5.91 Å². The lowest BCUT2D eigenvalue weighted by Gasteiger charge is -2.25. The lowest BCUT2D eigenvalue weighted by Crippen LogP contribution is -2.42. The zero-order valence-electron chi connectivity index (χ0n) is 14.9. The molecule has 0 unspecified atom stereocenters. The van der Waals surface area contributed by atoms with E-state index in [1.165, 1.54) is 19.2 Å². The molecule has 1 aliphatic heterocycles. The standard InChI is InChI=1S/C19H18ClN3O5/c1-28-13-4-2-12-8-23(18(26)14(12)7-13)9-16(22-19(27)21-10-24)11-3-5-17(25)15(20)6-11/h2-7,10,16,25H,8-9H2,1H3,(H2,21,22,24,27)/t16-/m0/s1. The molecule has 4 amide bonds. The normalized spacial score (nSPS) is 13.6. The van der Waals surface area contributed by atoms with E-state index in [9.17, 15) is 19.5 Å². The fourth-order valence-corrected chi connectivity index (χ4v) is 3.25. The summed E-state index contributed by atoms with van der Waals surface area (Å²) in [6.07, 6.45) is 0.263. The second-order valence-electron chi connectivity index (χ2n) is 6.21. The highest BCUT2D eigenvalue weighted by Crippen LogP contribution is 2.30. The van der Waals surface area contributed by atoms with Crippen LogP contribution in [0.5, 0.6) is 11.5 Å². The van der Waals surface area contributed by atoms with Crippen molar-refractivity contribution < 1.29 is 24.2 Å². The number of urea groups is 1. The minimum Gasteiger partial charge on any atom is -0.506 e. The molecule has 146 valence electrons. The number of rotatable bonds is 6. The summed E-state index contributed by atoms with van der Waals surface area (Å²) in [5.74, 6) is 0.291. The molecule has 9 heteroatoms. The Labute approximate surface area is 166 Å². The van der Waals surface area contributed by atoms with Crippen LogP contribution in [-0.4, -0.2) is 42.0 Å². The van der Waals surface area contributed by atoms with Crippen molar-refractivity contribution in [2.45, 2.75) is 12.6 Å². The number of nitrogens with zero attached hydrogens (tertiary/aromatic N) is 1. The number of hydrogen-bond donors (Lipinski definition) is 3. The summed E-state index contributed by atoms with van der Waals surface area (Å²) >= 11 is 5.98. The summed E-state index contributed by atoms with van der Waals surface area (Å²) in [6, 6.07) is 8.40. The van der Waals surface area contributed by atoms with E-state index in [1.807, 2.05) is 11.4 Å². The molecule has 1 heterocycles. The number of imide groups is 1. The minimum atomic E-state index is -0.713. The zero-order chi connectivity index (χ0) is 20.3. The van der Waals surface area contributed by atoms with Crippen LogP contribution in [0, 0.1) is 0 Å². The fourth-order valence-electron chi connectivity index (χ4n) is 3.06. The third kappa shape index (κ3) is 4.01. The number of hydrogen-bond acceptors (Lipinski definition) is 5. The van der Waals surface area contributed by atoms with E-state index in [4.69, 9.17) is 16.3 Å². The molecular weight excluding hydrogens is 386 g/mol. The second-order valence-corrected chi connectivity index (χ2v) is 6.62. The molecule has 8 nitrogen and oxygen atoms in total. The van der Waals surface area contributed by atoms with Crippen molar-refractivity contribution >= 4 is 29.9 Å². The number of benzene rings is 2. The van der Waals surface area contributed by atoms with Crippen molar-refractivity contribution in [1.29, 1.82) is 0 Å². The quantitative estimate of drug-likeness (QED) is 0.641. The van der Waals surface area contributed by atoms with E-state index in [0.717, 1.165) is 5.56 Å². The number of carbonyl (C=O) groups is 3. The molecule has 0 saturated heterocycles. The molecule has 0 spiro atoms. The van der Waals surface area contributed by atoms with Crippen molar-refractivity contribution in [2.75, 3.05) is 13.7 Å². The van der Waals surface area contributed by atoms with Crippen LogP contribution in [0.15, 0.2) is 36.4 Å². The Morgan fingerprint density at radius 1 is 1.36 bits per heavy atom. The number of phenols is 1. The SMILES string of the molecule is COc1ccc2c(c1)C(=O)N(C[C@H](NC(=O)NC=O)c1ccc(O)c(Cl)c1)C2. The predicted octanol–water partition coefficient (Wildman–Crippen LogP) is 2.21. The molecule has 3 rings (SSSR count). The molecule has 0 saturated carbocycles. The highest BCUT2D eigenvalue weighted by Gasteiger charge is 2.30. The van der Waals surface area contributed by atoms with Crippen molar-refractivity contribution in [3.05, 3.63) is 58.1 Å². The summed E-state index contributed by atoms with van der Waals surface area (Å²) in [7, 11) is 1.53. The van der Waals surface area contributed by atoms with Gasteiger partial charge in [-0.05, 0) is 35.4 Å². The Bertz CT molecular complexity index is 934. The number of fused-ring (bicyclic) bond motifs is 1. The molecular formula is C19H18ClN3O5. The van der Waals surface area contributed by atoms with Crippen LogP contribution in [0.1, 0.15) is 27.5 Å². The number of phenolic OH excluding ortho intramolecular Hbond substituents is 1. The molecule has 2 aromatic carbocycles. The predicted molar refractivity (Wildman–Crippen MR) is 101 cm³/mol. The van der Waals surface area contributed by atoms with E-state index in [-0.39, 0.29) is 29.6 Å². The summed E-state index contributed by atoms with van der Waals surface area (Å²) in [5, 5.41) is 14.4. The van der Waals surface area contributed by atoms with Gasteiger partial charge in [-0.15, -0.1) is 0 Å². The summed E-state index contributed by atoms with van der Waals surface area (Å²) in [5.41, 5.74) is 1.97. The lowest BCUT2D eigenvalue weighted by molar-refractivity contribution is -0.108. The van der Waals surface area contributed by atoms with Gasteiger partial charge < -0.3 is 20.1 Å². The topological polar surface area (TPSA) is 108 Å². The first kappa shape index (κ1) is 19.5. The van der Waals surface area contributed by atoms with Crippen molar-refractivity contribution in [2.24, 2.45) is 0 Å². The highest BCUT2D eigenvalue weighted by atomic mass is 35.5. The summed E-state index contributed by atoms with van der Waals surface area (Å²) < 4.78 is 5.17. The van der Waals surface area contributed by atoms with Crippen LogP contribution in [-0.2, 0) is 11.3 Å². The van der Waals surface area contributed by atoms with Gasteiger partial charge in [-0.2, -0.15) is 0 Å². The number of aromatic hydroxyl groups is 1. The minimum absolute atomic E-state index is 0.0988. The average Bonchev–Trinajstić information content (AvgIpc) is 2.98. The summed E-state index contributed by atoms with van der Waals surface area (Å²) in [6.45, 7) is 0.515. The van der Waals surface area contributed by atoms with Gasteiger partial charge in [0.2, 0.25) is 6.41 Å². The first-order valence-electron chi connectivity index (χ1n) is 8.38. The van der Waals surface area contributed by atoms with Gasteiger partial charge in [0, 0.05) is 18.7 Å². The number of nitrogens with one attached hydrogen (secondary N) is 2. The maximum Gasteiger partial charge on any atom is 0.321 e. The number of halogens is 1. The largest absolute Gasteiger partial charge is 0.506 e. The molecule has 1 aliphatic rings. The molecule has 0 bridgehead atoms. The zero-order valence-corrected chi connectivity index (χ0v) is 15.7. The Morgan fingerprint density at radius 2 is 2.14 bits per heavy atom. The van der Waals surface area contributed by atoms with Crippen LogP contribution in [0.2, 0.25) is 5.02 Å². The van der Waals surface area contributed by atoms with Crippen molar-refractivity contribution in [1.82, 2.24) is 15.5 Å². The number of methoxy groups -OCH3 is 1. The Balaban J connectivity index is 1.85. The summed E-state index contributed by atoms with van der Waals surface area (Å²) in [4.78, 5) is 36.8. The molecule has 1 atom stereocenters. The molecule has 2 aromatic rings. The van der Waals surface area contributed by atoms with E-state index in [1.54, 1.807) is 23.1 Å². The van der Waals surface area contributed by atoms with Gasteiger partial charge in [-0.3, -0.25) is 14.9 Å². The number of ether oxygens (including phenoxy) is 1. The Kier molecular flexibility index (Phi) is 5.70. The molecule has 0 aliphatic carbocycles. The van der Waals surface area contributed by atoms with Crippen LogP contribution >= 0.6 is 11.6 Å². The fraction of sp³-hybridized carbons (Fsp3) is 0.211. The van der Waals surface area contributed by atoms with Crippen molar-refractivity contribution in [3.8, 4) is 11.5 Å². The number of amides is 4. The molecule has 0 fully saturated rings. The third-order valence-corrected chi connectivity index (χ3v) is 4.77. The maximum absolute atomic E-state index is 12.8.